The Kier molecular flexibility index (Phi) is 13.2. The predicted molar refractivity (Wildman–Crippen MR) is 92.7 cm³/mol. The lowest BCUT2D eigenvalue weighted by atomic mass is 10.0. The fourth-order valence-corrected chi connectivity index (χ4v) is 3.70. The molecule has 0 spiro atoms. The zero-order valence-corrected chi connectivity index (χ0v) is 15.3. The average Bonchev–Trinajstić information content (AvgIpc) is 2.44. The number of hydrogen-bond acceptors (Lipinski definition) is 3. The second-order valence-corrected chi connectivity index (χ2v) is 8.13. The first kappa shape index (κ1) is 21.9. The summed E-state index contributed by atoms with van der Waals surface area (Å²) in [4.78, 5) is 0. The van der Waals surface area contributed by atoms with Gasteiger partial charge in [-0.25, -0.2) is 0 Å². The summed E-state index contributed by atoms with van der Waals surface area (Å²) in [6.07, 6.45) is 11.5. The first-order valence-corrected chi connectivity index (χ1v) is 10.6. The lowest BCUT2D eigenvalue weighted by Gasteiger charge is -2.18. The Balaban J connectivity index is 3.99. The molecule has 0 bridgehead atoms. The molecule has 0 aliphatic carbocycles. The van der Waals surface area contributed by atoms with E-state index in [0.29, 0.717) is 12.8 Å². The number of unbranched alkanes of at least 4 members (excludes halogenated alkanes) is 8. The van der Waals surface area contributed by atoms with Crippen LogP contribution in [0.1, 0.15) is 97.3 Å². The van der Waals surface area contributed by atoms with Gasteiger partial charge < -0.3 is 5.11 Å². The molecule has 5 heteroatoms. The Hall–Kier alpha value is -0.130. The van der Waals surface area contributed by atoms with E-state index in [1.807, 2.05) is 0 Å². The Morgan fingerprint density at radius 3 is 1.77 bits per heavy atom. The van der Waals surface area contributed by atoms with Gasteiger partial charge in [0.05, 0.1) is 11.4 Å². The van der Waals surface area contributed by atoms with Crippen molar-refractivity contribution in [2.45, 2.75) is 109 Å². The zero-order valence-electron chi connectivity index (χ0n) is 14.5. The van der Waals surface area contributed by atoms with E-state index in [1.165, 1.54) is 25.7 Å². The smallest absolute Gasteiger partial charge is 0.267 e. The summed E-state index contributed by atoms with van der Waals surface area (Å²) in [6.45, 7) is 4.27. The Bertz CT molecular complexity index is 341. The van der Waals surface area contributed by atoms with Gasteiger partial charge in [-0.15, -0.1) is 0 Å². The molecule has 0 aromatic carbocycles. The molecular formula is C17H36O4S. The highest BCUT2D eigenvalue weighted by molar-refractivity contribution is 7.86. The van der Waals surface area contributed by atoms with Crippen LogP contribution in [0.5, 0.6) is 0 Å². The normalized spacial score (nSPS) is 14.9. The van der Waals surface area contributed by atoms with E-state index in [9.17, 15) is 18.1 Å². The van der Waals surface area contributed by atoms with Crippen LogP contribution in [0.2, 0.25) is 0 Å². The van der Waals surface area contributed by atoms with Crippen LogP contribution < -0.4 is 0 Å². The predicted octanol–water partition coefficient (Wildman–Crippen LogP) is 4.71. The van der Waals surface area contributed by atoms with Gasteiger partial charge in [-0.05, 0) is 19.3 Å². The van der Waals surface area contributed by atoms with Gasteiger partial charge in [0, 0.05) is 0 Å². The quantitative estimate of drug-likeness (QED) is 0.335. The number of rotatable bonds is 15. The summed E-state index contributed by atoms with van der Waals surface area (Å²) in [5.74, 6) is 0. The van der Waals surface area contributed by atoms with Gasteiger partial charge in [-0.3, -0.25) is 4.55 Å². The van der Waals surface area contributed by atoms with E-state index < -0.39 is 21.5 Å². The van der Waals surface area contributed by atoms with Crippen LogP contribution in [0.4, 0.5) is 0 Å². The molecule has 134 valence electrons. The van der Waals surface area contributed by atoms with Crippen molar-refractivity contribution in [1.29, 1.82) is 0 Å². The first-order chi connectivity index (χ1) is 10.4. The van der Waals surface area contributed by atoms with Crippen LogP contribution in [-0.2, 0) is 10.1 Å². The molecule has 2 unspecified atom stereocenters. The summed E-state index contributed by atoms with van der Waals surface area (Å²) >= 11 is 0. The maximum Gasteiger partial charge on any atom is 0.267 e. The van der Waals surface area contributed by atoms with Gasteiger partial charge >= 0.3 is 0 Å². The fourth-order valence-electron chi connectivity index (χ4n) is 2.77. The van der Waals surface area contributed by atoms with Crippen LogP contribution in [0.15, 0.2) is 0 Å². The van der Waals surface area contributed by atoms with Crippen molar-refractivity contribution in [3.8, 4) is 0 Å². The molecule has 4 nitrogen and oxygen atoms in total. The molecule has 0 aromatic rings. The van der Waals surface area contributed by atoms with Crippen molar-refractivity contribution in [3.05, 3.63) is 0 Å². The zero-order chi connectivity index (χ0) is 16.8. The Morgan fingerprint density at radius 2 is 1.23 bits per heavy atom. The molecule has 0 rings (SSSR count). The summed E-state index contributed by atoms with van der Waals surface area (Å²) in [7, 11) is -4.05. The lowest BCUT2D eigenvalue weighted by molar-refractivity contribution is 0.147. The van der Waals surface area contributed by atoms with Crippen LogP contribution >= 0.6 is 0 Å². The maximum atomic E-state index is 11.4. The van der Waals surface area contributed by atoms with Gasteiger partial charge in [-0.1, -0.05) is 78.1 Å². The molecule has 0 fully saturated rings. The topological polar surface area (TPSA) is 74.6 Å². The third-order valence-corrected chi connectivity index (χ3v) is 5.50. The highest BCUT2D eigenvalue weighted by atomic mass is 32.2. The minimum atomic E-state index is -4.05. The SMILES string of the molecule is CCCCCCCCCC(CC(O)CCCCC)S(=O)(=O)O. The van der Waals surface area contributed by atoms with Gasteiger partial charge in [-0.2, -0.15) is 8.42 Å². The van der Waals surface area contributed by atoms with Crippen molar-refractivity contribution in [1.82, 2.24) is 0 Å². The highest BCUT2D eigenvalue weighted by Crippen LogP contribution is 2.19. The van der Waals surface area contributed by atoms with Crippen molar-refractivity contribution in [3.63, 3.8) is 0 Å². The molecule has 0 heterocycles. The monoisotopic (exact) mass is 336 g/mol. The van der Waals surface area contributed by atoms with E-state index >= 15 is 0 Å². The minimum Gasteiger partial charge on any atom is -0.393 e. The molecule has 0 amide bonds. The van der Waals surface area contributed by atoms with Crippen LogP contribution in [-0.4, -0.2) is 29.4 Å². The van der Waals surface area contributed by atoms with Gasteiger partial charge in [0.2, 0.25) is 0 Å². The van der Waals surface area contributed by atoms with Crippen molar-refractivity contribution in [2.75, 3.05) is 0 Å². The van der Waals surface area contributed by atoms with Crippen LogP contribution in [0.25, 0.3) is 0 Å². The Labute approximate surface area is 137 Å². The highest BCUT2D eigenvalue weighted by Gasteiger charge is 2.25. The number of aliphatic hydroxyl groups excluding tert-OH is 1. The standard InChI is InChI=1S/C17H36O4S/c1-3-5-7-8-9-10-12-14-17(22(19,20)21)15-16(18)13-11-6-4-2/h16-18H,3-15H2,1-2H3,(H,19,20,21). The molecule has 0 aliphatic rings. The van der Waals surface area contributed by atoms with E-state index in [4.69, 9.17) is 0 Å². The Morgan fingerprint density at radius 1 is 0.773 bits per heavy atom. The fraction of sp³-hybridized carbons (Fsp3) is 1.00. The summed E-state index contributed by atoms with van der Waals surface area (Å²) < 4.78 is 32.2. The maximum absolute atomic E-state index is 11.4. The lowest BCUT2D eigenvalue weighted by Crippen LogP contribution is -2.26. The van der Waals surface area contributed by atoms with Crippen molar-refractivity contribution < 1.29 is 18.1 Å². The van der Waals surface area contributed by atoms with E-state index in [-0.39, 0.29) is 6.42 Å². The molecule has 22 heavy (non-hydrogen) atoms. The molecule has 0 aromatic heterocycles. The second kappa shape index (κ2) is 13.3. The third kappa shape index (κ3) is 12.4. The third-order valence-electron chi connectivity index (χ3n) is 4.23. The van der Waals surface area contributed by atoms with Crippen molar-refractivity contribution in [2.24, 2.45) is 0 Å². The minimum absolute atomic E-state index is 0.165. The summed E-state index contributed by atoms with van der Waals surface area (Å²) in [5, 5.41) is 9.13. The molecule has 0 radical (unpaired) electrons. The summed E-state index contributed by atoms with van der Waals surface area (Å²) in [6, 6.07) is 0. The largest absolute Gasteiger partial charge is 0.393 e. The first-order valence-electron chi connectivity index (χ1n) is 9.06. The number of aliphatic hydroxyl groups is 1. The second-order valence-electron chi connectivity index (χ2n) is 6.43. The van der Waals surface area contributed by atoms with Crippen LogP contribution in [0.3, 0.4) is 0 Å². The van der Waals surface area contributed by atoms with Gasteiger partial charge in [0.1, 0.15) is 0 Å². The molecule has 2 atom stereocenters. The average molecular weight is 337 g/mol. The molecule has 0 saturated carbocycles. The van der Waals surface area contributed by atoms with Crippen LogP contribution in [0, 0.1) is 0 Å². The molecule has 0 aliphatic heterocycles. The van der Waals surface area contributed by atoms with E-state index in [2.05, 4.69) is 13.8 Å². The number of hydrogen-bond donors (Lipinski definition) is 2. The van der Waals surface area contributed by atoms with Gasteiger partial charge in [0.25, 0.3) is 10.1 Å². The molecule has 2 N–H and O–H groups in total. The molecule has 0 saturated heterocycles. The molecular weight excluding hydrogens is 300 g/mol. The van der Waals surface area contributed by atoms with E-state index in [0.717, 1.165) is 38.5 Å². The van der Waals surface area contributed by atoms with E-state index in [1.54, 1.807) is 0 Å². The van der Waals surface area contributed by atoms with Crippen molar-refractivity contribution >= 4 is 10.1 Å². The van der Waals surface area contributed by atoms with Gasteiger partial charge in [0.15, 0.2) is 0 Å². The summed E-state index contributed by atoms with van der Waals surface area (Å²) in [5.41, 5.74) is 0.